The summed E-state index contributed by atoms with van der Waals surface area (Å²) in [4.78, 5) is 0. The average molecular weight is 153 g/mol. The number of nitrogens with one attached hydrogen (secondary N) is 1. The molecule has 1 aliphatic rings. The van der Waals surface area contributed by atoms with Crippen LogP contribution < -0.4 is 5.32 Å². The van der Waals surface area contributed by atoms with Crippen molar-refractivity contribution in [3.05, 3.63) is 23.3 Å². The smallest absolute Gasteiger partial charge is 0.0939 e. The predicted molar refractivity (Wildman–Crippen MR) is 46.4 cm³/mol. The highest BCUT2D eigenvalue weighted by Crippen LogP contribution is 2.17. The summed E-state index contributed by atoms with van der Waals surface area (Å²) in [5.41, 5.74) is 2.25. The summed E-state index contributed by atoms with van der Waals surface area (Å²) >= 11 is 0. The maximum absolute atomic E-state index is 9.58. The van der Waals surface area contributed by atoms with Gasteiger partial charge in [0.05, 0.1) is 12.1 Å². The highest BCUT2D eigenvalue weighted by molar-refractivity contribution is 5.31. The van der Waals surface area contributed by atoms with Gasteiger partial charge in [-0.05, 0) is 26.5 Å². The van der Waals surface area contributed by atoms with Crippen molar-refractivity contribution in [2.45, 2.75) is 26.0 Å². The Balaban J connectivity index is 2.81. The summed E-state index contributed by atoms with van der Waals surface area (Å²) in [5, 5.41) is 12.6. The molecule has 2 N–H and O–H groups in total. The number of aliphatic hydroxyl groups is 1. The first-order valence-corrected chi connectivity index (χ1v) is 3.87. The van der Waals surface area contributed by atoms with Crippen LogP contribution in [0.4, 0.5) is 0 Å². The summed E-state index contributed by atoms with van der Waals surface area (Å²) in [7, 11) is 1.86. The Kier molecular flexibility index (Phi) is 2.47. The second-order valence-corrected chi connectivity index (χ2v) is 3.06. The van der Waals surface area contributed by atoms with E-state index in [9.17, 15) is 5.11 Å². The van der Waals surface area contributed by atoms with Crippen molar-refractivity contribution in [3.8, 4) is 0 Å². The molecule has 0 radical (unpaired) electrons. The van der Waals surface area contributed by atoms with E-state index < -0.39 is 0 Å². The summed E-state index contributed by atoms with van der Waals surface area (Å²) < 4.78 is 0. The van der Waals surface area contributed by atoms with Crippen molar-refractivity contribution < 1.29 is 5.11 Å². The Bertz CT molecular complexity index is 206. The molecule has 0 saturated heterocycles. The van der Waals surface area contributed by atoms with Gasteiger partial charge in [-0.25, -0.2) is 0 Å². The lowest BCUT2D eigenvalue weighted by Gasteiger charge is -2.24. The van der Waals surface area contributed by atoms with Crippen molar-refractivity contribution in [3.63, 3.8) is 0 Å². The molecule has 0 amide bonds. The van der Waals surface area contributed by atoms with Crippen LogP contribution in [0.5, 0.6) is 0 Å². The molecule has 2 unspecified atom stereocenters. The molecule has 0 heterocycles. The largest absolute Gasteiger partial charge is 0.387 e. The fourth-order valence-electron chi connectivity index (χ4n) is 1.39. The van der Waals surface area contributed by atoms with E-state index in [-0.39, 0.29) is 12.1 Å². The molecule has 1 rings (SSSR count). The van der Waals surface area contributed by atoms with Gasteiger partial charge in [-0.1, -0.05) is 17.7 Å². The minimum absolute atomic E-state index is 0.0833. The van der Waals surface area contributed by atoms with E-state index in [1.807, 2.05) is 33.0 Å². The highest BCUT2D eigenvalue weighted by Gasteiger charge is 2.19. The quantitative estimate of drug-likeness (QED) is 0.585. The summed E-state index contributed by atoms with van der Waals surface area (Å²) in [6.07, 6.45) is 3.69. The van der Waals surface area contributed by atoms with Gasteiger partial charge in [0, 0.05) is 0 Å². The first kappa shape index (κ1) is 8.50. The van der Waals surface area contributed by atoms with Gasteiger partial charge in [-0.2, -0.15) is 0 Å². The second kappa shape index (κ2) is 3.20. The first-order valence-electron chi connectivity index (χ1n) is 3.87. The van der Waals surface area contributed by atoms with Crippen molar-refractivity contribution in [1.29, 1.82) is 0 Å². The SMILES string of the molecule is CNC1C=C(C)C=C(C)C1O. The first-order chi connectivity index (χ1) is 5.15. The van der Waals surface area contributed by atoms with E-state index >= 15 is 0 Å². The topological polar surface area (TPSA) is 32.3 Å². The lowest BCUT2D eigenvalue weighted by molar-refractivity contribution is 0.181. The zero-order valence-electron chi connectivity index (χ0n) is 7.26. The van der Waals surface area contributed by atoms with Gasteiger partial charge in [0.25, 0.3) is 0 Å². The van der Waals surface area contributed by atoms with Crippen molar-refractivity contribution >= 4 is 0 Å². The number of rotatable bonds is 1. The Labute approximate surface area is 67.6 Å². The second-order valence-electron chi connectivity index (χ2n) is 3.06. The molecule has 1 aliphatic carbocycles. The number of hydrogen-bond donors (Lipinski definition) is 2. The Morgan fingerprint density at radius 3 is 2.64 bits per heavy atom. The molecule has 11 heavy (non-hydrogen) atoms. The van der Waals surface area contributed by atoms with Crippen molar-refractivity contribution in [1.82, 2.24) is 5.32 Å². The standard InChI is InChI=1S/C9H15NO/c1-6-4-7(2)9(11)8(5-6)10-3/h4-5,8-11H,1-3H3. The number of aliphatic hydroxyl groups excluding tert-OH is 1. The number of hydrogen-bond acceptors (Lipinski definition) is 2. The Hall–Kier alpha value is -0.600. The van der Waals surface area contributed by atoms with Gasteiger partial charge < -0.3 is 10.4 Å². The van der Waals surface area contributed by atoms with E-state index in [0.717, 1.165) is 5.57 Å². The van der Waals surface area contributed by atoms with Crippen molar-refractivity contribution in [2.75, 3.05) is 7.05 Å². The molecule has 62 valence electrons. The molecule has 0 fully saturated rings. The number of allylic oxidation sites excluding steroid dienone is 2. The molecular formula is C9H15NO. The van der Waals surface area contributed by atoms with Crippen LogP contribution >= 0.6 is 0 Å². The van der Waals surface area contributed by atoms with Crippen LogP contribution in [0.3, 0.4) is 0 Å². The van der Waals surface area contributed by atoms with Gasteiger partial charge in [0.1, 0.15) is 0 Å². The zero-order chi connectivity index (χ0) is 8.43. The van der Waals surface area contributed by atoms with E-state index in [2.05, 4.69) is 5.32 Å². The van der Waals surface area contributed by atoms with Crippen LogP contribution in [0.1, 0.15) is 13.8 Å². The number of likely N-dealkylation sites (N-methyl/N-ethyl adjacent to an activating group) is 1. The van der Waals surface area contributed by atoms with Crippen LogP contribution in [-0.4, -0.2) is 24.3 Å². The molecule has 0 bridgehead atoms. The zero-order valence-corrected chi connectivity index (χ0v) is 7.26. The molecule has 0 saturated carbocycles. The van der Waals surface area contributed by atoms with Crippen LogP contribution in [0, 0.1) is 0 Å². The summed E-state index contributed by atoms with van der Waals surface area (Å²) in [6, 6.07) is 0.0833. The Morgan fingerprint density at radius 2 is 2.09 bits per heavy atom. The molecule has 0 aromatic heterocycles. The lowest BCUT2D eigenvalue weighted by atomic mass is 9.94. The molecule has 2 heteroatoms. The highest BCUT2D eigenvalue weighted by atomic mass is 16.3. The van der Waals surface area contributed by atoms with Gasteiger partial charge in [0.2, 0.25) is 0 Å². The lowest BCUT2D eigenvalue weighted by Crippen LogP contribution is -2.38. The average Bonchev–Trinajstić information content (AvgIpc) is 1.96. The van der Waals surface area contributed by atoms with Gasteiger partial charge in [0.15, 0.2) is 0 Å². The minimum Gasteiger partial charge on any atom is -0.387 e. The summed E-state index contributed by atoms with van der Waals surface area (Å²) in [5.74, 6) is 0. The fraction of sp³-hybridized carbons (Fsp3) is 0.556. The van der Waals surface area contributed by atoms with E-state index in [1.165, 1.54) is 5.57 Å². The Morgan fingerprint density at radius 1 is 1.45 bits per heavy atom. The normalized spacial score (nSPS) is 31.3. The minimum atomic E-state index is -0.358. The van der Waals surface area contributed by atoms with E-state index in [4.69, 9.17) is 0 Å². The van der Waals surface area contributed by atoms with Crippen LogP contribution in [0.15, 0.2) is 23.3 Å². The molecular weight excluding hydrogens is 138 g/mol. The third kappa shape index (κ3) is 1.70. The molecule has 2 nitrogen and oxygen atoms in total. The monoisotopic (exact) mass is 153 g/mol. The van der Waals surface area contributed by atoms with Crippen LogP contribution in [0.2, 0.25) is 0 Å². The summed E-state index contributed by atoms with van der Waals surface area (Å²) in [6.45, 7) is 3.99. The van der Waals surface area contributed by atoms with Crippen molar-refractivity contribution in [2.24, 2.45) is 0 Å². The molecule has 0 aliphatic heterocycles. The molecule has 0 aromatic carbocycles. The molecule has 2 atom stereocenters. The van der Waals surface area contributed by atoms with Crippen LogP contribution in [-0.2, 0) is 0 Å². The molecule has 0 spiro atoms. The van der Waals surface area contributed by atoms with E-state index in [0.29, 0.717) is 0 Å². The third-order valence-corrected chi connectivity index (χ3v) is 2.04. The fourth-order valence-corrected chi connectivity index (χ4v) is 1.39. The predicted octanol–water partition coefficient (Wildman–Crippen LogP) is 0.841. The van der Waals surface area contributed by atoms with Crippen LogP contribution in [0.25, 0.3) is 0 Å². The van der Waals surface area contributed by atoms with Gasteiger partial charge in [-0.15, -0.1) is 0 Å². The van der Waals surface area contributed by atoms with Gasteiger partial charge >= 0.3 is 0 Å². The third-order valence-electron chi connectivity index (χ3n) is 2.04. The van der Waals surface area contributed by atoms with Gasteiger partial charge in [-0.3, -0.25) is 0 Å². The molecule has 0 aromatic rings. The maximum Gasteiger partial charge on any atom is 0.0939 e. The maximum atomic E-state index is 9.58. The van der Waals surface area contributed by atoms with E-state index in [1.54, 1.807) is 0 Å².